The second-order valence-corrected chi connectivity index (χ2v) is 6.21. The number of hydrogen-bond donors (Lipinski definition) is 2. The van der Waals surface area contributed by atoms with Crippen LogP contribution in [0.3, 0.4) is 0 Å². The minimum absolute atomic E-state index is 0.163. The number of ether oxygens (including phenoxy) is 2. The molecule has 1 aromatic rings. The van der Waals surface area contributed by atoms with Crippen molar-refractivity contribution in [2.75, 3.05) is 25.1 Å². The van der Waals surface area contributed by atoms with Crippen LogP contribution in [0.2, 0.25) is 0 Å². The van der Waals surface area contributed by atoms with Crippen molar-refractivity contribution in [2.24, 2.45) is 5.92 Å². The molecular weight excluding hydrogens is 308 g/mol. The topological polar surface area (TPSA) is 76.7 Å². The molecule has 0 atom stereocenters. The number of carbonyl (C=O) groups is 2. The molecule has 0 fully saturated rings. The van der Waals surface area contributed by atoms with E-state index in [0.717, 1.165) is 5.75 Å². The fourth-order valence-corrected chi connectivity index (χ4v) is 1.76. The van der Waals surface area contributed by atoms with Crippen LogP contribution >= 0.6 is 0 Å². The number of anilines is 1. The zero-order chi connectivity index (χ0) is 17.9. The van der Waals surface area contributed by atoms with Crippen molar-refractivity contribution in [1.82, 2.24) is 5.32 Å². The average Bonchev–Trinajstić information content (AvgIpc) is 2.53. The molecule has 0 saturated heterocycles. The van der Waals surface area contributed by atoms with Gasteiger partial charge in [0.2, 0.25) is 0 Å². The van der Waals surface area contributed by atoms with Gasteiger partial charge in [0, 0.05) is 18.8 Å². The molecule has 0 radical (unpaired) electrons. The summed E-state index contributed by atoms with van der Waals surface area (Å²) < 4.78 is 10.9. The van der Waals surface area contributed by atoms with E-state index in [1.807, 2.05) is 13.8 Å². The van der Waals surface area contributed by atoms with Crippen LogP contribution in [0.25, 0.3) is 0 Å². The lowest BCUT2D eigenvalue weighted by atomic mass is 10.2. The molecule has 0 saturated carbocycles. The molecule has 24 heavy (non-hydrogen) atoms. The van der Waals surface area contributed by atoms with Crippen molar-refractivity contribution < 1.29 is 19.1 Å². The van der Waals surface area contributed by atoms with Gasteiger partial charge >= 0.3 is 11.8 Å². The standard InChI is InChI=1S/C18H28N2O4/c1-13(2)12-24-16-8-6-15(7-9-16)20-18(22)17(21)19-10-5-11-23-14(3)4/h6-9,13-14H,5,10-12H2,1-4H3,(H,19,21)(H,20,22). The number of nitrogens with one attached hydrogen (secondary N) is 2. The van der Waals surface area contributed by atoms with Crippen LogP contribution in [-0.2, 0) is 14.3 Å². The highest BCUT2D eigenvalue weighted by atomic mass is 16.5. The number of hydrogen-bond acceptors (Lipinski definition) is 4. The fraction of sp³-hybridized carbons (Fsp3) is 0.556. The van der Waals surface area contributed by atoms with E-state index in [1.54, 1.807) is 24.3 Å². The number of amides is 2. The van der Waals surface area contributed by atoms with E-state index >= 15 is 0 Å². The third-order valence-corrected chi connectivity index (χ3v) is 2.96. The largest absolute Gasteiger partial charge is 0.493 e. The summed E-state index contributed by atoms with van der Waals surface area (Å²) in [5.74, 6) is -0.161. The minimum atomic E-state index is -0.685. The van der Waals surface area contributed by atoms with Crippen molar-refractivity contribution >= 4 is 17.5 Å². The molecule has 6 heteroatoms. The molecule has 1 rings (SSSR count). The van der Waals surface area contributed by atoms with Gasteiger partial charge in [0.1, 0.15) is 5.75 Å². The van der Waals surface area contributed by atoms with Gasteiger partial charge in [-0.2, -0.15) is 0 Å². The Hall–Kier alpha value is -2.08. The van der Waals surface area contributed by atoms with E-state index in [-0.39, 0.29) is 6.10 Å². The summed E-state index contributed by atoms with van der Waals surface area (Å²) in [6.45, 7) is 9.63. The first-order valence-electron chi connectivity index (χ1n) is 8.32. The quantitative estimate of drug-likeness (QED) is 0.537. The summed E-state index contributed by atoms with van der Waals surface area (Å²) in [6, 6.07) is 6.94. The number of rotatable bonds is 9. The first-order chi connectivity index (χ1) is 11.4. The van der Waals surface area contributed by atoms with Gasteiger partial charge in [-0.05, 0) is 50.5 Å². The van der Waals surface area contributed by atoms with Crippen LogP contribution in [0.5, 0.6) is 5.75 Å². The van der Waals surface area contributed by atoms with Crippen LogP contribution < -0.4 is 15.4 Å². The fourth-order valence-electron chi connectivity index (χ4n) is 1.76. The van der Waals surface area contributed by atoms with E-state index in [9.17, 15) is 9.59 Å². The Morgan fingerprint density at radius 3 is 2.29 bits per heavy atom. The van der Waals surface area contributed by atoms with Gasteiger partial charge in [0.15, 0.2) is 0 Å². The van der Waals surface area contributed by atoms with Crippen LogP contribution in [0, 0.1) is 5.92 Å². The molecule has 134 valence electrons. The van der Waals surface area contributed by atoms with Crippen LogP contribution in [0.4, 0.5) is 5.69 Å². The van der Waals surface area contributed by atoms with E-state index in [0.29, 0.717) is 37.8 Å². The van der Waals surface area contributed by atoms with Crippen molar-refractivity contribution in [3.05, 3.63) is 24.3 Å². The first kappa shape index (κ1) is 20.0. The lowest BCUT2D eigenvalue weighted by molar-refractivity contribution is -0.136. The summed E-state index contributed by atoms with van der Waals surface area (Å²) in [5, 5.41) is 5.12. The normalized spacial score (nSPS) is 10.8. The van der Waals surface area contributed by atoms with Gasteiger partial charge in [-0.3, -0.25) is 9.59 Å². The summed E-state index contributed by atoms with van der Waals surface area (Å²) in [5.41, 5.74) is 0.551. The van der Waals surface area contributed by atoms with Crippen molar-refractivity contribution in [3.8, 4) is 5.75 Å². The number of carbonyl (C=O) groups excluding carboxylic acids is 2. The molecule has 0 aliphatic carbocycles. The van der Waals surface area contributed by atoms with E-state index in [4.69, 9.17) is 9.47 Å². The lowest BCUT2D eigenvalue weighted by Gasteiger charge is -2.10. The van der Waals surface area contributed by atoms with Crippen LogP contribution in [-0.4, -0.2) is 37.7 Å². The first-order valence-corrected chi connectivity index (χ1v) is 8.32. The van der Waals surface area contributed by atoms with Gasteiger partial charge in [0.25, 0.3) is 0 Å². The van der Waals surface area contributed by atoms with Gasteiger partial charge in [-0.15, -0.1) is 0 Å². The Kier molecular flexibility index (Phi) is 8.86. The molecule has 0 aliphatic rings. The highest BCUT2D eigenvalue weighted by Crippen LogP contribution is 2.16. The Bertz CT molecular complexity index is 512. The van der Waals surface area contributed by atoms with Gasteiger partial charge < -0.3 is 20.1 Å². The molecule has 0 unspecified atom stereocenters. The number of benzene rings is 1. The smallest absolute Gasteiger partial charge is 0.313 e. The second kappa shape index (κ2) is 10.6. The summed E-state index contributed by atoms with van der Waals surface area (Å²) in [7, 11) is 0. The van der Waals surface area contributed by atoms with Crippen molar-refractivity contribution in [2.45, 2.75) is 40.2 Å². The Morgan fingerprint density at radius 1 is 1.04 bits per heavy atom. The molecular formula is C18H28N2O4. The van der Waals surface area contributed by atoms with Gasteiger partial charge in [-0.25, -0.2) is 0 Å². The second-order valence-electron chi connectivity index (χ2n) is 6.21. The third kappa shape index (κ3) is 8.53. The molecule has 0 bridgehead atoms. The van der Waals surface area contributed by atoms with Crippen molar-refractivity contribution in [3.63, 3.8) is 0 Å². The predicted molar refractivity (Wildman–Crippen MR) is 94.1 cm³/mol. The SMILES string of the molecule is CC(C)COc1ccc(NC(=O)C(=O)NCCCOC(C)C)cc1. The Labute approximate surface area is 143 Å². The lowest BCUT2D eigenvalue weighted by Crippen LogP contribution is -2.36. The Morgan fingerprint density at radius 2 is 1.71 bits per heavy atom. The van der Waals surface area contributed by atoms with E-state index in [2.05, 4.69) is 24.5 Å². The summed E-state index contributed by atoms with van der Waals surface area (Å²) in [6.07, 6.45) is 0.829. The molecule has 0 spiro atoms. The zero-order valence-electron chi connectivity index (χ0n) is 14.9. The highest BCUT2D eigenvalue weighted by molar-refractivity contribution is 6.39. The molecule has 6 nitrogen and oxygen atoms in total. The van der Waals surface area contributed by atoms with Gasteiger partial charge in [-0.1, -0.05) is 13.8 Å². The zero-order valence-corrected chi connectivity index (χ0v) is 14.9. The molecule has 0 aromatic heterocycles. The average molecular weight is 336 g/mol. The molecule has 2 amide bonds. The van der Waals surface area contributed by atoms with Crippen LogP contribution in [0.1, 0.15) is 34.1 Å². The molecule has 1 aromatic carbocycles. The minimum Gasteiger partial charge on any atom is -0.493 e. The maximum absolute atomic E-state index is 11.8. The summed E-state index contributed by atoms with van der Waals surface area (Å²) in [4.78, 5) is 23.5. The predicted octanol–water partition coefficient (Wildman–Crippen LogP) is 2.59. The molecule has 0 heterocycles. The maximum Gasteiger partial charge on any atom is 0.313 e. The highest BCUT2D eigenvalue weighted by Gasteiger charge is 2.13. The third-order valence-electron chi connectivity index (χ3n) is 2.96. The molecule has 0 aliphatic heterocycles. The van der Waals surface area contributed by atoms with Crippen molar-refractivity contribution in [1.29, 1.82) is 0 Å². The monoisotopic (exact) mass is 336 g/mol. The van der Waals surface area contributed by atoms with Gasteiger partial charge in [0.05, 0.1) is 12.7 Å². The van der Waals surface area contributed by atoms with E-state index in [1.165, 1.54) is 0 Å². The molecule has 2 N–H and O–H groups in total. The van der Waals surface area contributed by atoms with E-state index < -0.39 is 11.8 Å². The summed E-state index contributed by atoms with van der Waals surface area (Å²) >= 11 is 0. The van der Waals surface area contributed by atoms with Crippen LogP contribution in [0.15, 0.2) is 24.3 Å². The maximum atomic E-state index is 11.8. The Balaban J connectivity index is 2.31.